The topological polar surface area (TPSA) is 151 Å². The lowest BCUT2D eigenvalue weighted by atomic mass is 9.95. The standard InChI is InChI=1S/C18H17N3O5.C9H13N3O/c1-10-3-6-14(26-10)18(16(23)19-17(24)20-18)9-21-8-11-4-5-12(25-2)7-13(11)15(21)22;1-5-8(10-4)11-9-6(2)7(3)12-13-9/h3-7H,8-9H2,1-2H3,(H2,19,20,23,24);5H,1H2,2-4H3,(H,10,11). The fraction of sp³-hybridized carbons (Fsp3) is 0.296. The quantitative estimate of drug-likeness (QED) is 0.248. The van der Waals surface area contributed by atoms with Gasteiger partial charge in [0.25, 0.3) is 11.8 Å². The molecule has 1 unspecified atom stereocenters. The Balaban J connectivity index is 0.000000229. The van der Waals surface area contributed by atoms with Crippen LogP contribution in [0.4, 0.5) is 10.7 Å². The van der Waals surface area contributed by atoms with Crippen LogP contribution in [0.3, 0.4) is 0 Å². The van der Waals surface area contributed by atoms with Gasteiger partial charge in [0.1, 0.15) is 23.1 Å². The molecule has 4 heterocycles. The molecule has 0 saturated carbocycles. The van der Waals surface area contributed by atoms with Crippen LogP contribution >= 0.6 is 0 Å². The van der Waals surface area contributed by atoms with E-state index in [0.717, 1.165) is 16.8 Å². The third kappa shape index (κ3) is 5.26. The van der Waals surface area contributed by atoms with Crippen molar-refractivity contribution in [3.05, 3.63) is 76.9 Å². The highest BCUT2D eigenvalue weighted by Crippen LogP contribution is 2.33. The maximum atomic E-state index is 12.8. The molecule has 3 aromatic rings. The Kier molecular flexibility index (Phi) is 7.56. The second-order valence-corrected chi connectivity index (χ2v) is 9.07. The molecule has 1 aromatic carbocycles. The summed E-state index contributed by atoms with van der Waals surface area (Å²) in [7, 11) is 3.22. The largest absolute Gasteiger partial charge is 0.497 e. The summed E-state index contributed by atoms with van der Waals surface area (Å²) >= 11 is 0. The highest BCUT2D eigenvalue weighted by molar-refractivity contribution is 6.08. The zero-order valence-electron chi connectivity index (χ0n) is 22.4. The Morgan fingerprint density at radius 2 is 2.03 bits per heavy atom. The molecule has 204 valence electrons. The molecule has 4 amide bonds. The van der Waals surface area contributed by atoms with Gasteiger partial charge in [-0.2, -0.15) is 0 Å². The first-order valence-electron chi connectivity index (χ1n) is 12.1. The SMILES string of the molecule is C=CC(=NC)Nc1onc(C)c1C.COc1ccc2c(c1)C(=O)N(CC1(c3ccc(C)o3)NC(=O)NC1=O)C2. The number of nitrogens with one attached hydrogen (secondary N) is 3. The van der Waals surface area contributed by atoms with E-state index in [4.69, 9.17) is 13.7 Å². The van der Waals surface area contributed by atoms with E-state index in [2.05, 4.69) is 32.7 Å². The monoisotopic (exact) mass is 534 g/mol. The van der Waals surface area contributed by atoms with Crippen LogP contribution in [0, 0.1) is 20.8 Å². The number of urea groups is 1. The number of amidine groups is 1. The van der Waals surface area contributed by atoms with Crippen LogP contribution in [0.5, 0.6) is 5.75 Å². The number of ether oxygens (including phenoxy) is 1. The first-order chi connectivity index (χ1) is 18.6. The lowest BCUT2D eigenvalue weighted by Crippen LogP contribution is -2.52. The predicted molar refractivity (Wildman–Crippen MR) is 143 cm³/mol. The first kappa shape index (κ1) is 27.2. The fourth-order valence-electron chi connectivity index (χ4n) is 4.25. The number of anilines is 1. The summed E-state index contributed by atoms with van der Waals surface area (Å²) in [6, 6.07) is 8.01. The number of hydrogen-bond acceptors (Lipinski definition) is 8. The van der Waals surface area contributed by atoms with Gasteiger partial charge in [0.2, 0.25) is 5.88 Å². The van der Waals surface area contributed by atoms with Crippen molar-refractivity contribution < 1.29 is 28.1 Å². The third-order valence-corrected chi connectivity index (χ3v) is 6.56. The first-order valence-corrected chi connectivity index (χ1v) is 12.1. The minimum Gasteiger partial charge on any atom is -0.497 e. The number of amides is 4. The molecule has 1 atom stereocenters. The smallest absolute Gasteiger partial charge is 0.322 e. The van der Waals surface area contributed by atoms with Gasteiger partial charge in [-0.25, -0.2) is 4.79 Å². The summed E-state index contributed by atoms with van der Waals surface area (Å²) in [5.74, 6) is 2.00. The number of hydrogen-bond donors (Lipinski definition) is 3. The summed E-state index contributed by atoms with van der Waals surface area (Å²) < 4.78 is 15.8. The van der Waals surface area contributed by atoms with Gasteiger partial charge < -0.3 is 29.2 Å². The van der Waals surface area contributed by atoms with Gasteiger partial charge in [0.05, 0.1) is 19.3 Å². The number of aryl methyl sites for hydroxylation is 2. The molecule has 0 bridgehead atoms. The molecule has 2 aliphatic rings. The lowest BCUT2D eigenvalue weighted by Gasteiger charge is -2.29. The van der Waals surface area contributed by atoms with E-state index in [-0.39, 0.29) is 12.5 Å². The molecule has 2 aromatic heterocycles. The highest BCUT2D eigenvalue weighted by Gasteiger charge is 2.52. The average molecular weight is 535 g/mol. The number of imide groups is 1. The van der Waals surface area contributed by atoms with Crippen LogP contribution in [-0.4, -0.2) is 54.4 Å². The van der Waals surface area contributed by atoms with Crippen molar-refractivity contribution in [1.82, 2.24) is 20.7 Å². The summed E-state index contributed by atoms with van der Waals surface area (Å²) in [6.07, 6.45) is 1.62. The number of benzene rings is 1. The van der Waals surface area contributed by atoms with Crippen LogP contribution < -0.4 is 20.7 Å². The van der Waals surface area contributed by atoms with Crippen molar-refractivity contribution in [3.63, 3.8) is 0 Å². The van der Waals surface area contributed by atoms with Crippen LogP contribution in [0.2, 0.25) is 0 Å². The van der Waals surface area contributed by atoms with Crippen molar-refractivity contribution in [2.45, 2.75) is 32.9 Å². The maximum absolute atomic E-state index is 12.8. The number of carbonyl (C=O) groups excluding carboxylic acids is 3. The van der Waals surface area contributed by atoms with Crippen molar-refractivity contribution in [3.8, 4) is 5.75 Å². The van der Waals surface area contributed by atoms with Gasteiger partial charge >= 0.3 is 6.03 Å². The van der Waals surface area contributed by atoms with Gasteiger partial charge in [0, 0.05) is 24.7 Å². The molecular weight excluding hydrogens is 504 g/mol. The lowest BCUT2D eigenvalue weighted by molar-refractivity contribution is -0.125. The van der Waals surface area contributed by atoms with E-state index in [1.165, 1.54) is 12.0 Å². The van der Waals surface area contributed by atoms with Crippen molar-refractivity contribution >= 4 is 29.6 Å². The minimum absolute atomic E-state index is 0.0344. The molecule has 1 fully saturated rings. The summed E-state index contributed by atoms with van der Waals surface area (Å²) in [6.45, 7) is 9.48. The number of aromatic nitrogens is 1. The molecule has 39 heavy (non-hydrogen) atoms. The second-order valence-electron chi connectivity index (χ2n) is 9.07. The number of aliphatic imine (C=N–C) groups is 1. The Labute approximate surface area is 225 Å². The van der Waals surface area contributed by atoms with Crippen molar-refractivity contribution in [1.29, 1.82) is 0 Å². The second kappa shape index (κ2) is 10.9. The Bertz CT molecular complexity index is 1470. The Hall–Kier alpha value is -4.87. The molecule has 12 heteroatoms. The van der Waals surface area contributed by atoms with Crippen molar-refractivity contribution in [2.75, 3.05) is 26.0 Å². The molecule has 0 spiro atoms. The number of furan rings is 1. The van der Waals surface area contributed by atoms with Gasteiger partial charge in [-0.3, -0.25) is 19.9 Å². The van der Waals surface area contributed by atoms with Gasteiger partial charge in [0.15, 0.2) is 5.54 Å². The van der Waals surface area contributed by atoms with E-state index in [0.29, 0.717) is 41.1 Å². The Morgan fingerprint density at radius 1 is 1.26 bits per heavy atom. The molecule has 1 saturated heterocycles. The molecule has 0 aliphatic carbocycles. The van der Waals surface area contributed by atoms with E-state index in [1.54, 1.807) is 44.3 Å². The van der Waals surface area contributed by atoms with Gasteiger partial charge in [-0.1, -0.05) is 17.8 Å². The maximum Gasteiger partial charge on any atom is 0.322 e. The van der Waals surface area contributed by atoms with Gasteiger partial charge in [-0.05, 0) is 56.7 Å². The fourth-order valence-corrected chi connectivity index (χ4v) is 4.25. The molecule has 12 nitrogen and oxygen atoms in total. The Morgan fingerprint density at radius 3 is 2.56 bits per heavy atom. The van der Waals surface area contributed by atoms with E-state index < -0.39 is 17.5 Å². The molecular formula is C27H30N6O6. The zero-order chi connectivity index (χ0) is 28.3. The predicted octanol–water partition coefficient (Wildman–Crippen LogP) is 3.20. The number of methoxy groups -OCH3 is 1. The number of nitrogens with zero attached hydrogens (tertiary/aromatic N) is 3. The van der Waals surface area contributed by atoms with Crippen LogP contribution in [0.25, 0.3) is 0 Å². The van der Waals surface area contributed by atoms with Crippen LogP contribution in [0.15, 0.2) is 56.9 Å². The summed E-state index contributed by atoms with van der Waals surface area (Å²) in [5.41, 5.74) is 1.78. The molecule has 2 aliphatic heterocycles. The van der Waals surface area contributed by atoms with Crippen molar-refractivity contribution in [2.24, 2.45) is 4.99 Å². The highest BCUT2D eigenvalue weighted by atomic mass is 16.5. The molecule has 0 radical (unpaired) electrons. The van der Waals surface area contributed by atoms with E-state index >= 15 is 0 Å². The van der Waals surface area contributed by atoms with Gasteiger partial charge in [-0.15, -0.1) is 0 Å². The normalized spacial score (nSPS) is 18.2. The zero-order valence-corrected chi connectivity index (χ0v) is 22.4. The van der Waals surface area contributed by atoms with E-state index in [1.807, 2.05) is 19.9 Å². The minimum atomic E-state index is -1.45. The number of carbonyl (C=O) groups is 3. The third-order valence-electron chi connectivity index (χ3n) is 6.56. The number of rotatable bonds is 6. The average Bonchev–Trinajstić information content (AvgIpc) is 3.66. The molecule has 3 N–H and O–H groups in total. The number of fused-ring (bicyclic) bond motifs is 1. The van der Waals surface area contributed by atoms with E-state index in [9.17, 15) is 14.4 Å². The van der Waals surface area contributed by atoms with Crippen LogP contribution in [-0.2, 0) is 16.9 Å². The molecule has 5 rings (SSSR count). The van der Waals surface area contributed by atoms with Crippen LogP contribution in [0.1, 0.15) is 38.7 Å². The summed E-state index contributed by atoms with van der Waals surface area (Å²) in [4.78, 5) is 42.7. The summed E-state index contributed by atoms with van der Waals surface area (Å²) in [5, 5.41) is 11.6.